The van der Waals surface area contributed by atoms with E-state index in [0.717, 1.165) is 27.7 Å². The molecule has 0 fully saturated rings. The molecular weight excluding hydrogens is 391 g/mol. The fourth-order valence-corrected chi connectivity index (χ4v) is 3.81. The zero-order chi connectivity index (χ0) is 18.1. The molecule has 0 amide bonds. The van der Waals surface area contributed by atoms with E-state index in [1.165, 1.54) is 11.8 Å². The molecule has 0 bridgehead atoms. The summed E-state index contributed by atoms with van der Waals surface area (Å²) in [6, 6.07) is 13.2. The number of fused-ring (bicyclic) bond motifs is 1. The lowest BCUT2D eigenvalue weighted by Crippen LogP contribution is -2.18. The normalized spacial score (nSPS) is 13.0. The van der Waals surface area contributed by atoms with Crippen molar-refractivity contribution in [2.45, 2.75) is 12.1 Å². The van der Waals surface area contributed by atoms with Gasteiger partial charge in [0.2, 0.25) is 5.16 Å². The van der Waals surface area contributed by atoms with Crippen molar-refractivity contribution in [3.8, 4) is 17.1 Å². The summed E-state index contributed by atoms with van der Waals surface area (Å²) in [6.07, 6.45) is 0. The molecular formula is C18H14Cl2N4OS. The number of rotatable bonds is 4. The van der Waals surface area contributed by atoms with Crippen molar-refractivity contribution in [2.24, 2.45) is 0 Å². The van der Waals surface area contributed by atoms with Gasteiger partial charge in [0.05, 0.1) is 17.3 Å². The predicted molar refractivity (Wildman–Crippen MR) is 106 cm³/mol. The summed E-state index contributed by atoms with van der Waals surface area (Å²) in [6.45, 7) is 2.61. The second-order valence-corrected chi connectivity index (χ2v) is 7.16. The average molecular weight is 405 g/mol. The second kappa shape index (κ2) is 7.23. The third-order valence-electron chi connectivity index (χ3n) is 3.80. The number of thioether (sulfide) groups is 1. The lowest BCUT2D eigenvalue weighted by atomic mass is 10.2. The van der Waals surface area contributed by atoms with Crippen LogP contribution in [0.5, 0.6) is 5.75 Å². The molecule has 3 aromatic rings. The Morgan fingerprint density at radius 3 is 2.65 bits per heavy atom. The van der Waals surface area contributed by atoms with Crippen LogP contribution in [0, 0.1) is 0 Å². The second-order valence-electron chi connectivity index (χ2n) is 5.48. The summed E-state index contributed by atoms with van der Waals surface area (Å²) in [4.78, 5) is 0. The van der Waals surface area contributed by atoms with E-state index >= 15 is 0 Å². The summed E-state index contributed by atoms with van der Waals surface area (Å²) in [5.41, 5.74) is 6.09. The van der Waals surface area contributed by atoms with Gasteiger partial charge in [-0.15, -0.1) is 10.2 Å². The number of nitrogens with zero attached hydrogens (tertiary/aromatic N) is 3. The lowest BCUT2D eigenvalue weighted by Gasteiger charge is -2.19. The quantitative estimate of drug-likeness (QED) is 0.639. The van der Waals surface area contributed by atoms with E-state index in [1.807, 2.05) is 47.3 Å². The van der Waals surface area contributed by atoms with Gasteiger partial charge < -0.3 is 4.74 Å². The van der Waals surface area contributed by atoms with E-state index in [4.69, 9.17) is 27.9 Å². The van der Waals surface area contributed by atoms with Gasteiger partial charge in [-0.2, -0.15) is 0 Å². The number of hydrogen-bond acceptors (Lipinski definition) is 5. The van der Waals surface area contributed by atoms with Crippen LogP contribution in [-0.2, 0) is 0 Å². The van der Waals surface area contributed by atoms with Gasteiger partial charge >= 0.3 is 0 Å². The van der Waals surface area contributed by atoms with E-state index in [1.54, 1.807) is 12.1 Å². The Bertz CT molecular complexity index is 985. The Kier molecular flexibility index (Phi) is 4.80. The van der Waals surface area contributed by atoms with Crippen molar-refractivity contribution >= 4 is 40.7 Å². The molecule has 0 unspecified atom stereocenters. The van der Waals surface area contributed by atoms with E-state index < -0.39 is 0 Å². The van der Waals surface area contributed by atoms with Crippen LogP contribution in [0.25, 0.3) is 17.1 Å². The van der Waals surface area contributed by atoms with Crippen LogP contribution in [0.4, 0.5) is 0 Å². The predicted octanol–water partition coefficient (Wildman–Crippen LogP) is 5.30. The molecule has 5 nitrogen and oxygen atoms in total. The zero-order valence-corrected chi connectivity index (χ0v) is 16.1. The summed E-state index contributed by atoms with van der Waals surface area (Å²) in [5.74, 6) is 1.48. The average Bonchev–Trinajstić information content (AvgIpc) is 3.06. The number of halogens is 2. The Morgan fingerprint density at radius 1 is 1.12 bits per heavy atom. The van der Waals surface area contributed by atoms with Gasteiger partial charge in [-0.3, -0.25) is 5.43 Å². The maximum absolute atomic E-state index is 6.34. The van der Waals surface area contributed by atoms with E-state index in [0.29, 0.717) is 22.5 Å². The molecule has 132 valence electrons. The minimum atomic E-state index is 0.525. The monoisotopic (exact) mass is 404 g/mol. The van der Waals surface area contributed by atoms with Crippen LogP contribution in [0.1, 0.15) is 12.5 Å². The van der Waals surface area contributed by atoms with Crippen molar-refractivity contribution in [1.82, 2.24) is 14.9 Å². The molecule has 1 aliphatic rings. The Labute approximate surface area is 164 Å². The minimum Gasteiger partial charge on any atom is -0.494 e. The highest BCUT2D eigenvalue weighted by molar-refractivity contribution is 8.02. The molecule has 8 heteroatoms. The van der Waals surface area contributed by atoms with Gasteiger partial charge in [0.15, 0.2) is 5.82 Å². The fourth-order valence-electron chi connectivity index (χ4n) is 2.58. The molecule has 0 atom stereocenters. The third-order valence-corrected chi connectivity index (χ3v) is 5.17. The third kappa shape index (κ3) is 3.28. The van der Waals surface area contributed by atoms with Crippen LogP contribution in [0.15, 0.2) is 53.0 Å². The fraction of sp³-hybridized carbons (Fsp3) is 0.111. The highest BCUT2D eigenvalue weighted by Crippen LogP contribution is 2.34. The first kappa shape index (κ1) is 17.3. The van der Waals surface area contributed by atoms with Gasteiger partial charge in [0.1, 0.15) is 5.75 Å². The van der Waals surface area contributed by atoms with Crippen LogP contribution in [0.2, 0.25) is 10.0 Å². The lowest BCUT2D eigenvalue weighted by molar-refractivity contribution is 0.340. The van der Waals surface area contributed by atoms with Gasteiger partial charge in [-0.1, -0.05) is 35.0 Å². The molecule has 1 aliphatic heterocycles. The maximum Gasteiger partial charge on any atom is 0.214 e. The maximum atomic E-state index is 6.34. The van der Waals surface area contributed by atoms with E-state index in [9.17, 15) is 0 Å². The summed E-state index contributed by atoms with van der Waals surface area (Å²) in [7, 11) is 0. The molecule has 26 heavy (non-hydrogen) atoms. The topological polar surface area (TPSA) is 52.0 Å². The minimum absolute atomic E-state index is 0.525. The largest absolute Gasteiger partial charge is 0.494 e. The van der Waals surface area contributed by atoms with E-state index in [-0.39, 0.29) is 0 Å². The Balaban J connectivity index is 1.65. The highest BCUT2D eigenvalue weighted by Gasteiger charge is 2.21. The summed E-state index contributed by atoms with van der Waals surface area (Å²) < 4.78 is 7.32. The van der Waals surface area contributed by atoms with Gasteiger partial charge in [0.25, 0.3) is 0 Å². The van der Waals surface area contributed by atoms with Crippen LogP contribution in [-0.4, -0.2) is 21.5 Å². The molecule has 4 rings (SSSR count). The zero-order valence-electron chi connectivity index (χ0n) is 13.7. The highest BCUT2D eigenvalue weighted by atomic mass is 35.5. The molecule has 1 N–H and O–H groups in total. The molecule has 0 spiro atoms. The number of aromatic nitrogens is 3. The van der Waals surface area contributed by atoms with Crippen molar-refractivity contribution in [2.75, 3.05) is 12.0 Å². The molecule has 0 saturated heterocycles. The molecule has 0 radical (unpaired) electrons. The first-order chi connectivity index (χ1) is 12.7. The number of ether oxygens (including phenoxy) is 1. The smallest absolute Gasteiger partial charge is 0.214 e. The van der Waals surface area contributed by atoms with Crippen LogP contribution < -0.4 is 10.2 Å². The van der Waals surface area contributed by atoms with Crippen molar-refractivity contribution in [3.63, 3.8) is 0 Å². The summed E-state index contributed by atoms with van der Waals surface area (Å²) in [5, 5.41) is 12.3. The Hall–Kier alpha value is -2.15. The Morgan fingerprint density at radius 2 is 1.92 bits per heavy atom. The van der Waals surface area contributed by atoms with Crippen molar-refractivity contribution < 1.29 is 4.74 Å². The van der Waals surface area contributed by atoms with Crippen LogP contribution in [0.3, 0.4) is 0 Å². The standard InChI is InChI=1S/C18H14Cl2N4OS/c1-2-25-13-6-3-11(4-7-13)16-10-26-18-22-21-17(24(18)23-16)14-8-5-12(19)9-15(14)20/h3-10,23H,2H2,1H3. The number of nitrogens with one attached hydrogen (secondary N) is 1. The van der Waals surface area contributed by atoms with E-state index in [2.05, 4.69) is 15.6 Å². The van der Waals surface area contributed by atoms with Gasteiger partial charge in [-0.25, -0.2) is 4.68 Å². The first-order valence-electron chi connectivity index (χ1n) is 7.93. The van der Waals surface area contributed by atoms with Crippen LogP contribution >= 0.6 is 35.0 Å². The van der Waals surface area contributed by atoms with Crippen molar-refractivity contribution in [1.29, 1.82) is 0 Å². The van der Waals surface area contributed by atoms with Gasteiger partial charge in [0, 0.05) is 21.6 Å². The molecule has 0 aliphatic carbocycles. The number of hydrogen-bond donors (Lipinski definition) is 1. The molecule has 1 aromatic heterocycles. The molecule has 2 heterocycles. The molecule has 2 aromatic carbocycles. The van der Waals surface area contributed by atoms with Crippen molar-refractivity contribution in [3.05, 3.63) is 63.5 Å². The summed E-state index contributed by atoms with van der Waals surface area (Å²) >= 11 is 13.8. The number of benzene rings is 2. The SMILES string of the molecule is CCOc1ccc(C2=CSc3nnc(-c4ccc(Cl)cc4Cl)n3N2)cc1. The molecule has 0 saturated carbocycles. The first-order valence-corrected chi connectivity index (χ1v) is 9.57. The van der Waals surface area contributed by atoms with Gasteiger partial charge in [-0.05, 0) is 49.4 Å².